The molecular weight excluding hydrogens is 376 g/mol. The molecule has 8 heteroatoms. The van der Waals surface area contributed by atoms with Crippen molar-refractivity contribution in [2.45, 2.75) is 25.3 Å². The summed E-state index contributed by atoms with van der Waals surface area (Å²) in [7, 11) is -1.75. The molecule has 1 aromatic carbocycles. The van der Waals surface area contributed by atoms with Crippen LogP contribution in [0.25, 0.3) is 10.9 Å². The third-order valence-electron chi connectivity index (χ3n) is 4.77. The Balaban J connectivity index is 1.89. The van der Waals surface area contributed by atoms with Crippen LogP contribution in [0.4, 0.5) is 0 Å². The van der Waals surface area contributed by atoms with Crippen LogP contribution < -0.4 is 5.32 Å². The second kappa shape index (κ2) is 8.12. The first kappa shape index (κ1) is 20.0. The van der Waals surface area contributed by atoms with Crippen molar-refractivity contribution in [1.29, 1.82) is 0 Å². The minimum atomic E-state index is -3.55. The second-order valence-corrected chi connectivity index (χ2v) is 8.38. The standard InChI is InChI=1S/C20H24N4O3S/c1-4-24(5-2)28(26,27)17-8-9-18-16(11-17)12-19(23(18)3)20(25)22-14-15-7-6-10-21-13-15/h6-13H,4-5,14H2,1-3H3,(H,22,25). The zero-order valence-electron chi connectivity index (χ0n) is 16.2. The van der Waals surface area contributed by atoms with Gasteiger partial charge in [-0.1, -0.05) is 19.9 Å². The highest BCUT2D eigenvalue weighted by Crippen LogP contribution is 2.24. The van der Waals surface area contributed by atoms with E-state index in [1.165, 1.54) is 4.31 Å². The molecule has 1 N–H and O–H groups in total. The first-order valence-corrected chi connectivity index (χ1v) is 10.6. The molecule has 1 amide bonds. The predicted octanol–water partition coefficient (Wildman–Crippen LogP) is 2.53. The Morgan fingerprint density at radius 2 is 1.93 bits per heavy atom. The fourth-order valence-electron chi connectivity index (χ4n) is 3.19. The van der Waals surface area contributed by atoms with E-state index in [4.69, 9.17) is 0 Å². The van der Waals surface area contributed by atoms with Crippen LogP contribution in [0.15, 0.2) is 53.7 Å². The maximum atomic E-state index is 12.8. The van der Waals surface area contributed by atoms with E-state index in [0.717, 1.165) is 11.1 Å². The number of aryl methyl sites for hydroxylation is 1. The molecule has 3 aromatic rings. The highest BCUT2D eigenvalue weighted by Gasteiger charge is 2.23. The van der Waals surface area contributed by atoms with Crippen LogP contribution in [-0.4, -0.2) is 41.3 Å². The molecule has 0 aliphatic heterocycles. The molecule has 0 atom stereocenters. The molecule has 0 aliphatic carbocycles. The molecular formula is C20H24N4O3S. The summed E-state index contributed by atoms with van der Waals surface area (Å²) in [6, 6.07) is 10.4. The molecule has 0 saturated heterocycles. The SMILES string of the molecule is CCN(CC)S(=O)(=O)c1ccc2c(c1)cc(C(=O)NCc1cccnc1)n2C. The van der Waals surface area contributed by atoms with Crippen molar-refractivity contribution >= 4 is 26.8 Å². The number of carbonyl (C=O) groups is 1. The van der Waals surface area contributed by atoms with Gasteiger partial charge in [-0.05, 0) is 35.9 Å². The van der Waals surface area contributed by atoms with E-state index < -0.39 is 10.0 Å². The maximum Gasteiger partial charge on any atom is 0.268 e. The number of benzene rings is 1. The molecule has 2 aromatic heterocycles. The molecule has 28 heavy (non-hydrogen) atoms. The van der Waals surface area contributed by atoms with Crippen molar-refractivity contribution in [1.82, 2.24) is 19.2 Å². The van der Waals surface area contributed by atoms with E-state index in [9.17, 15) is 13.2 Å². The third-order valence-corrected chi connectivity index (χ3v) is 6.81. The molecule has 7 nitrogen and oxygen atoms in total. The molecule has 0 saturated carbocycles. The van der Waals surface area contributed by atoms with Crippen molar-refractivity contribution < 1.29 is 13.2 Å². The van der Waals surface area contributed by atoms with Crippen LogP contribution in [0.2, 0.25) is 0 Å². The van der Waals surface area contributed by atoms with E-state index in [1.54, 1.807) is 48.3 Å². The largest absolute Gasteiger partial charge is 0.347 e. The Hall–Kier alpha value is -2.71. The molecule has 0 fully saturated rings. The van der Waals surface area contributed by atoms with Crippen molar-refractivity contribution in [2.75, 3.05) is 13.1 Å². The average molecular weight is 401 g/mol. The normalized spacial score (nSPS) is 11.9. The summed E-state index contributed by atoms with van der Waals surface area (Å²) in [5, 5.41) is 3.58. The lowest BCUT2D eigenvalue weighted by Crippen LogP contribution is -2.30. The van der Waals surface area contributed by atoms with Crippen molar-refractivity contribution in [3.05, 3.63) is 60.0 Å². The summed E-state index contributed by atoms with van der Waals surface area (Å²) < 4.78 is 28.7. The molecule has 148 valence electrons. The smallest absolute Gasteiger partial charge is 0.268 e. The van der Waals surface area contributed by atoms with Crippen LogP contribution in [0, 0.1) is 0 Å². The summed E-state index contributed by atoms with van der Waals surface area (Å²) in [5.41, 5.74) is 2.17. The summed E-state index contributed by atoms with van der Waals surface area (Å²) >= 11 is 0. The molecule has 0 radical (unpaired) electrons. The Bertz CT molecular complexity index is 1090. The Morgan fingerprint density at radius 1 is 1.18 bits per heavy atom. The molecule has 2 heterocycles. The van der Waals surface area contributed by atoms with Gasteiger partial charge in [-0.15, -0.1) is 0 Å². The number of aromatic nitrogens is 2. The molecule has 0 aliphatic rings. The number of nitrogens with one attached hydrogen (secondary N) is 1. The lowest BCUT2D eigenvalue weighted by atomic mass is 10.2. The zero-order chi connectivity index (χ0) is 20.3. The number of hydrogen-bond donors (Lipinski definition) is 1. The van der Waals surface area contributed by atoms with Gasteiger partial charge in [0.15, 0.2) is 0 Å². The Kier molecular flexibility index (Phi) is 5.81. The van der Waals surface area contributed by atoms with Gasteiger partial charge < -0.3 is 9.88 Å². The summed E-state index contributed by atoms with van der Waals surface area (Å²) in [6.07, 6.45) is 3.38. The number of rotatable bonds is 7. The van der Waals surface area contributed by atoms with E-state index in [2.05, 4.69) is 10.3 Å². The second-order valence-electron chi connectivity index (χ2n) is 6.44. The lowest BCUT2D eigenvalue weighted by molar-refractivity contribution is 0.0943. The highest BCUT2D eigenvalue weighted by molar-refractivity contribution is 7.89. The fraction of sp³-hybridized carbons (Fsp3) is 0.300. The molecule has 0 unspecified atom stereocenters. The Labute approximate surface area is 165 Å². The van der Waals surface area contributed by atoms with Gasteiger partial charge in [0, 0.05) is 50.0 Å². The number of nitrogens with zero attached hydrogens (tertiary/aromatic N) is 3. The average Bonchev–Trinajstić information content (AvgIpc) is 3.04. The summed E-state index contributed by atoms with van der Waals surface area (Å²) in [4.78, 5) is 16.9. The van der Waals surface area contributed by atoms with Crippen LogP contribution in [0.5, 0.6) is 0 Å². The van der Waals surface area contributed by atoms with Crippen molar-refractivity contribution in [2.24, 2.45) is 7.05 Å². The number of amides is 1. The zero-order valence-corrected chi connectivity index (χ0v) is 17.0. The van der Waals surface area contributed by atoms with Gasteiger partial charge in [0.25, 0.3) is 5.91 Å². The first-order chi connectivity index (χ1) is 13.4. The third kappa shape index (κ3) is 3.79. The Morgan fingerprint density at radius 3 is 2.57 bits per heavy atom. The van der Waals surface area contributed by atoms with Gasteiger partial charge in [0.05, 0.1) is 4.90 Å². The maximum absolute atomic E-state index is 12.8. The first-order valence-electron chi connectivity index (χ1n) is 9.15. The van der Waals surface area contributed by atoms with Gasteiger partial charge >= 0.3 is 0 Å². The van der Waals surface area contributed by atoms with E-state index in [1.807, 2.05) is 26.0 Å². The minimum Gasteiger partial charge on any atom is -0.347 e. The van der Waals surface area contributed by atoms with Crippen molar-refractivity contribution in [3.63, 3.8) is 0 Å². The van der Waals surface area contributed by atoms with E-state index >= 15 is 0 Å². The number of sulfonamides is 1. The number of carbonyl (C=O) groups excluding carboxylic acids is 1. The quantitative estimate of drug-likeness (QED) is 0.661. The fourth-order valence-corrected chi connectivity index (χ4v) is 4.69. The number of pyridine rings is 1. The molecule has 0 bridgehead atoms. The van der Waals surface area contributed by atoms with E-state index in [0.29, 0.717) is 30.7 Å². The van der Waals surface area contributed by atoms with Crippen LogP contribution in [-0.2, 0) is 23.6 Å². The predicted molar refractivity (Wildman–Crippen MR) is 108 cm³/mol. The minimum absolute atomic E-state index is 0.226. The molecule has 3 rings (SSSR count). The summed E-state index contributed by atoms with van der Waals surface area (Å²) in [5.74, 6) is -0.226. The van der Waals surface area contributed by atoms with Gasteiger partial charge in [-0.25, -0.2) is 8.42 Å². The number of fused-ring (bicyclic) bond motifs is 1. The van der Waals surface area contributed by atoms with Gasteiger partial charge in [0.2, 0.25) is 10.0 Å². The summed E-state index contributed by atoms with van der Waals surface area (Å²) in [6.45, 7) is 4.82. The van der Waals surface area contributed by atoms with Crippen LogP contribution in [0.1, 0.15) is 29.9 Å². The van der Waals surface area contributed by atoms with E-state index in [-0.39, 0.29) is 10.8 Å². The van der Waals surface area contributed by atoms with Crippen LogP contribution in [0.3, 0.4) is 0 Å². The molecule has 0 spiro atoms. The van der Waals surface area contributed by atoms with Crippen molar-refractivity contribution in [3.8, 4) is 0 Å². The van der Waals surface area contributed by atoms with Gasteiger partial charge in [-0.2, -0.15) is 4.31 Å². The highest BCUT2D eigenvalue weighted by atomic mass is 32.2. The van der Waals surface area contributed by atoms with Gasteiger partial charge in [0.1, 0.15) is 5.69 Å². The van der Waals surface area contributed by atoms with Crippen LogP contribution >= 0.6 is 0 Å². The monoisotopic (exact) mass is 400 g/mol. The topological polar surface area (TPSA) is 84.3 Å². The number of hydrogen-bond acceptors (Lipinski definition) is 4. The van der Waals surface area contributed by atoms with Gasteiger partial charge in [-0.3, -0.25) is 9.78 Å². The lowest BCUT2D eigenvalue weighted by Gasteiger charge is -2.18.